The fraction of sp³-hybridized carbons (Fsp3) is 0. The molecule has 74 valence electrons. The molecule has 0 radical (unpaired) electrons. The van der Waals surface area contributed by atoms with E-state index in [1.165, 1.54) is 12.1 Å². The number of hydrogen-bond acceptors (Lipinski definition) is 5. The molecule has 0 aromatic heterocycles. The first kappa shape index (κ1) is 13.8. The van der Waals surface area contributed by atoms with Crippen molar-refractivity contribution in [2.45, 2.75) is 0 Å². The molecule has 0 aliphatic carbocycles. The number of carboxylic acid groups (broad SMARTS) is 1. The van der Waals surface area contributed by atoms with Gasteiger partial charge < -0.3 is 23.5 Å². The number of carboxylic acids is 1. The Balaban J connectivity index is 0.00000112. The summed E-state index contributed by atoms with van der Waals surface area (Å²) in [5.74, 6) is -0.197. The van der Waals surface area contributed by atoms with E-state index in [0.29, 0.717) is 17.2 Å². The fourth-order valence-corrected chi connectivity index (χ4v) is 1.81. The number of rotatable bonds is 2. The molecule has 1 aromatic rings. The molecule has 0 saturated heterocycles. The van der Waals surface area contributed by atoms with E-state index in [2.05, 4.69) is 0 Å². The molecule has 15 heavy (non-hydrogen) atoms. The van der Waals surface area contributed by atoms with E-state index in [-0.39, 0.29) is 72.8 Å². The van der Waals surface area contributed by atoms with Gasteiger partial charge in [0.05, 0.1) is 15.4 Å². The van der Waals surface area contributed by atoms with Crippen molar-refractivity contribution in [2.24, 2.45) is 0 Å². The van der Waals surface area contributed by atoms with E-state index >= 15 is 0 Å². The van der Waals surface area contributed by atoms with Crippen molar-refractivity contribution in [3.8, 4) is 17.2 Å². The van der Waals surface area contributed by atoms with Gasteiger partial charge in [0.25, 0.3) is 9.03 Å². The average molecular weight is 317 g/mol. The van der Waals surface area contributed by atoms with Crippen molar-refractivity contribution in [1.29, 1.82) is 0 Å². The second kappa shape index (κ2) is 5.90. The molecule has 8 heteroatoms. The molecule has 0 spiro atoms. The van der Waals surface area contributed by atoms with Gasteiger partial charge in [0.1, 0.15) is 0 Å². The molecule has 1 heterocycles. The molecule has 2 atom stereocenters. The van der Waals surface area contributed by atoms with Crippen LogP contribution >= 0.6 is 18.5 Å². The zero-order valence-corrected chi connectivity index (χ0v) is 14.8. The molecule has 5 nitrogen and oxygen atoms in total. The van der Waals surface area contributed by atoms with Gasteiger partial charge in [-0.1, -0.05) is 0 Å². The monoisotopic (exact) mass is 316 g/mol. The Morgan fingerprint density at radius 3 is 2.80 bits per heavy atom. The van der Waals surface area contributed by atoms with Gasteiger partial charge in [-0.3, -0.25) is 0 Å². The van der Waals surface area contributed by atoms with E-state index < -0.39 is 5.97 Å². The largest absolute Gasteiger partial charge is 1.00 e. The van der Waals surface area contributed by atoms with Crippen molar-refractivity contribution in [3.05, 3.63) is 17.7 Å². The summed E-state index contributed by atoms with van der Waals surface area (Å²) in [6.07, 6.45) is 0. The molecule has 1 aliphatic rings. The molecule has 1 aromatic carbocycles. The van der Waals surface area contributed by atoms with E-state index in [0.717, 1.165) is 0 Å². The molecule has 0 N–H and O–H groups in total. The van der Waals surface area contributed by atoms with Gasteiger partial charge in [0.2, 0.25) is 5.75 Å². The third-order valence-electron chi connectivity index (χ3n) is 1.68. The SMILES string of the molecule is O=C([O-])c1cc(OP)c2c(c1)OPO2.[Rb+]. The van der Waals surface area contributed by atoms with Crippen LogP contribution in [0.1, 0.15) is 10.4 Å². The minimum Gasteiger partial charge on any atom is -0.545 e. The third-order valence-corrected chi connectivity index (χ3v) is 2.52. The average Bonchev–Trinajstić information content (AvgIpc) is 2.63. The van der Waals surface area contributed by atoms with Crippen molar-refractivity contribution in [1.82, 2.24) is 0 Å². The molecule has 0 bridgehead atoms. The van der Waals surface area contributed by atoms with Gasteiger partial charge in [-0.15, -0.1) is 0 Å². The molecular formula is C7H5O5P2Rb. The zero-order chi connectivity index (χ0) is 10.1. The standard InChI is InChI=1S/C7H6O5P2.Rb/c8-7(9)3-1-4(10-13)6-5(2-3)11-14-12-6;/h1-2,14H,13H2,(H,8,9);/q;+1/p-1. The van der Waals surface area contributed by atoms with Gasteiger partial charge in [-0.2, -0.15) is 0 Å². The van der Waals surface area contributed by atoms with E-state index in [1.54, 1.807) is 0 Å². The van der Waals surface area contributed by atoms with Gasteiger partial charge in [-0.05, 0) is 12.1 Å². The summed E-state index contributed by atoms with van der Waals surface area (Å²) >= 11 is 0. The van der Waals surface area contributed by atoms with E-state index in [9.17, 15) is 9.90 Å². The molecule has 2 rings (SSSR count). The number of fused-ring (bicyclic) bond motifs is 1. The van der Waals surface area contributed by atoms with Crippen LogP contribution in [0.2, 0.25) is 0 Å². The molecule has 1 aliphatic heterocycles. The Bertz CT molecular complexity index is 397. The van der Waals surface area contributed by atoms with Crippen LogP contribution in [-0.2, 0) is 0 Å². The maximum absolute atomic E-state index is 10.6. The van der Waals surface area contributed by atoms with Crippen LogP contribution in [0.3, 0.4) is 0 Å². The minimum atomic E-state index is -1.28. The first-order valence-corrected chi connectivity index (χ1v) is 4.86. The first-order chi connectivity index (χ1) is 6.72. The number of carbonyl (C=O) groups excluding carboxylic acids is 1. The van der Waals surface area contributed by atoms with Crippen LogP contribution in [0.15, 0.2) is 12.1 Å². The summed E-state index contributed by atoms with van der Waals surface area (Å²) in [5, 5.41) is 10.6. The van der Waals surface area contributed by atoms with E-state index in [4.69, 9.17) is 13.6 Å². The second-order valence-electron chi connectivity index (χ2n) is 2.49. The quantitative estimate of drug-likeness (QED) is 0.565. The van der Waals surface area contributed by atoms with Crippen molar-refractivity contribution in [2.75, 3.05) is 0 Å². The van der Waals surface area contributed by atoms with Crippen LogP contribution in [0.5, 0.6) is 17.2 Å². The molecule has 2 unspecified atom stereocenters. The maximum atomic E-state index is 10.6. The van der Waals surface area contributed by atoms with Crippen LogP contribution in [0.4, 0.5) is 0 Å². The summed E-state index contributed by atoms with van der Waals surface area (Å²) in [4.78, 5) is 10.6. The van der Waals surface area contributed by atoms with Crippen molar-refractivity contribution in [3.63, 3.8) is 0 Å². The fourth-order valence-electron chi connectivity index (χ4n) is 1.07. The molecular weight excluding hydrogens is 311 g/mol. The van der Waals surface area contributed by atoms with Crippen molar-refractivity contribution < 1.29 is 81.7 Å². The molecule has 0 fully saturated rings. The number of benzene rings is 1. The predicted octanol–water partition coefficient (Wildman–Crippen LogP) is -2.50. The molecule has 0 amide bonds. The Kier molecular flexibility index (Phi) is 5.43. The zero-order valence-electron chi connectivity index (χ0n) is 7.77. The number of aromatic carboxylic acids is 1. The molecule has 0 saturated carbocycles. The predicted molar refractivity (Wildman–Crippen MR) is 50.7 cm³/mol. The maximum Gasteiger partial charge on any atom is 1.00 e. The van der Waals surface area contributed by atoms with Crippen LogP contribution in [0, 0.1) is 0 Å². The number of carbonyl (C=O) groups is 1. The summed E-state index contributed by atoms with van der Waals surface area (Å²) in [7, 11) is 1.85. The van der Waals surface area contributed by atoms with Crippen LogP contribution in [0.25, 0.3) is 0 Å². The van der Waals surface area contributed by atoms with Gasteiger partial charge in [0, 0.05) is 5.56 Å². The Morgan fingerprint density at radius 1 is 1.47 bits per heavy atom. The Labute approximate surface area is 139 Å². The second-order valence-corrected chi connectivity index (χ2v) is 3.31. The van der Waals surface area contributed by atoms with Crippen LogP contribution in [-0.4, -0.2) is 5.97 Å². The summed E-state index contributed by atoms with van der Waals surface area (Å²) in [5.41, 5.74) is -0.00324. The van der Waals surface area contributed by atoms with Gasteiger partial charge in [0.15, 0.2) is 11.5 Å². The summed E-state index contributed by atoms with van der Waals surface area (Å²) in [6.45, 7) is 0. The topological polar surface area (TPSA) is 67.8 Å². The minimum absolute atomic E-state index is 0. The smallest absolute Gasteiger partial charge is 0.545 e. The summed E-state index contributed by atoms with van der Waals surface area (Å²) < 4.78 is 15.0. The first-order valence-electron chi connectivity index (χ1n) is 3.57. The van der Waals surface area contributed by atoms with Gasteiger partial charge >= 0.3 is 58.2 Å². The normalized spacial score (nSPS) is 13.4. The third kappa shape index (κ3) is 2.90. The van der Waals surface area contributed by atoms with Crippen molar-refractivity contribution >= 4 is 24.5 Å². The Morgan fingerprint density at radius 2 is 2.20 bits per heavy atom. The van der Waals surface area contributed by atoms with E-state index in [1.807, 2.05) is 9.47 Å². The van der Waals surface area contributed by atoms with Crippen LogP contribution < -0.4 is 76.9 Å². The number of hydrogen-bond donors (Lipinski definition) is 0. The van der Waals surface area contributed by atoms with Gasteiger partial charge in [-0.25, -0.2) is 0 Å². The Hall–Kier alpha value is 0.755. The summed E-state index contributed by atoms with van der Waals surface area (Å²) in [6, 6.07) is 2.66.